The van der Waals surface area contributed by atoms with Gasteiger partial charge >= 0.3 is 0 Å². The molecule has 0 spiro atoms. The minimum Gasteiger partial charge on any atom is -0.382 e. The Morgan fingerprint density at radius 2 is 1.25 bits per heavy atom. The number of hydrogen-bond acceptors (Lipinski definition) is 4. The Labute approximate surface area is 174 Å². The van der Waals surface area contributed by atoms with Crippen LogP contribution < -0.4 is 0 Å². The van der Waals surface area contributed by atoms with Gasteiger partial charge in [-0.25, -0.2) is 0 Å². The first-order valence-corrected chi connectivity index (χ1v) is 12.9. The fourth-order valence-electron chi connectivity index (χ4n) is 3.65. The average molecular weight is 425 g/mol. The maximum absolute atomic E-state index is 11.0. The Hall–Kier alpha value is -0.210. The molecule has 0 fully saturated rings. The normalized spacial score (nSPS) is 12.6. The van der Waals surface area contributed by atoms with Gasteiger partial charge in [0.1, 0.15) is 6.54 Å². The Balaban J connectivity index is 4.81. The van der Waals surface area contributed by atoms with Gasteiger partial charge in [0.05, 0.1) is 45.2 Å². The molecule has 0 aliphatic rings. The number of ether oxygens (including phenoxy) is 2. The third-order valence-corrected chi connectivity index (χ3v) is 6.20. The Bertz CT molecular complexity index is 430. The van der Waals surface area contributed by atoms with Crippen LogP contribution in [-0.2, 0) is 19.6 Å². The molecule has 7 heteroatoms. The van der Waals surface area contributed by atoms with Crippen molar-refractivity contribution in [2.75, 3.05) is 58.9 Å². The molecule has 0 radical (unpaired) electrons. The molecule has 170 valence electrons. The first kappa shape index (κ1) is 27.8. The van der Waals surface area contributed by atoms with Crippen molar-refractivity contribution in [2.45, 2.75) is 78.1 Å². The molecule has 0 amide bonds. The Kier molecular flexibility index (Phi) is 17.5. The standard InChI is InChI=1S/C21H45NO5S/c1-4-6-8-10-14-22(15-11-9-7-5-2,17-18-27-20-19-26-3)16-12-13-21-28(23,24)25/h4-21H2,1-3H3/p+1. The second-order valence-corrected chi connectivity index (χ2v) is 9.53. The summed E-state index contributed by atoms with van der Waals surface area (Å²) in [5.74, 6) is -0.136. The molecule has 1 N–H and O–H groups in total. The zero-order chi connectivity index (χ0) is 21.1. The molecule has 0 rings (SSSR count). The summed E-state index contributed by atoms with van der Waals surface area (Å²) in [6.45, 7) is 10.6. The second kappa shape index (κ2) is 17.6. The van der Waals surface area contributed by atoms with E-state index >= 15 is 0 Å². The van der Waals surface area contributed by atoms with Gasteiger partial charge in [-0.05, 0) is 38.5 Å². The number of nitrogens with zero attached hydrogens (tertiary/aromatic N) is 1. The summed E-state index contributed by atoms with van der Waals surface area (Å²) in [5.41, 5.74) is 0. The molecule has 0 saturated carbocycles. The van der Waals surface area contributed by atoms with Gasteiger partial charge in [0.25, 0.3) is 10.1 Å². The van der Waals surface area contributed by atoms with E-state index in [0.29, 0.717) is 26.2 Å². The van der Waals surface area contributed by atoms with E-state index in [2.05, 4.69) is 13.8 Å². The lowest BCUT2D eigenvalue weighted by atomic mass is 10.1. The van der Waals surface area contributed by atoms with E-state index in [4.69, 9.17) is 14.0 Å². The SMILES string of the molecule is CCCCCC[N+](CCCCCC)(CCCCS(=O)(=O)O)CCOCCOC. The van der Waals surface area contributed by atoms with Crippen molar-refractivity contribution in [1.82, 2.24) is 0 Å². The minimum absolute atomic E-state index is 0.136. The van der Waals surface area contributed by atoms with E-state index in [-0.39, 0.29) is 5.75 Å². The summed E-state index contributed by atoms with van der Waals surface area (Å²) in [6.07, 6.45) is 11.2. The predicted molar refractivity (Wildman–Crippen MR) is 116 cm³/mol. The largest absolute Gasteiger partial charge is 0.382 e. The number of rotatable bonds is 21. The number of unbranched alkanes of at least 4 members (excludes halogenated alkanes) is 7. The van der Waals surface area contributed by atoms with E-state index < -0.39 is 10.1 Å². The van der Waals surface area contributed by atoms with Crippen LogP contribution in [0, 0.1) is 0 Å². The van der Waals surface area contributed by atoms with Crippen LogP contribution in [-0.4, -0.2) is 76.3 Å². The van der Waals surface area contributed by atoms with E-state index in [1.165, 1.54) is 51.4 Å². The van der Waals surface area contributed by atoms with E-state index in [1.54, 1.807) is 7.11 Å². The van der Waals surface area contributed by atoms with Crippen LogP contribution in [0.4, 0.5) is 0 Å². The Morgan fingerprint density at radius 1 is 0.714 bits per heavy atom. The molecule has 28 heavy (non-hydrogen) atoms. The molecule has 0 aromatic carbocycles. The quantitative estimate of drug-likeness (QED) is 0.169. The van der Waals surface area contributed by atoms with Crippen molar-refractivity contribution in [3.63, 3.8) is 0 Å². The first-order valence-electron chi connectivity index (χ1n) is 11.3. The molecule has 0 saturated heterocycles. The molecule has 0 unspecified atom stereocenters. The molecule has 6 nitrogen and oxygen atoms in total. The fraction of sp³-hybridized carbons (Fsp3) is 1.00. The number of quaternary nitrogens is 1. The van der Waals surface area contributed by atoms with Gasteiger partial charge in [-0.2, -0.15) is 8.42 Å². The van der Waals surface area contributed by atoms with Gasteiger partial charge in [0.15, 0.2) is 0 Å². The monoisotopic (exact) mass is 424 g/mol. The zero-order valence-electron chi connectivity index (χ0n) is 18.7. The lowest BCUT2D eigenvalue weighted by Crippen LogP contribution is -2.52. The van der Waals surface area contributed by atoms with Crippen molar-refractivity contribution in [2.24, 2.45) is 0 Å². The molecule has 0 aliphatic carbocycles. The van der Waals surface area contributed by atoms with E-state index in [0.717, 1.165) is 37.1 Å². The van der Waals surface area contributed by atoms with Crippen molar-refractivity contribution in [3.05, 3.63) is 0 Å². The van der Waals surface area contributed by atoms with Gasteiger partial charge in [0, 0.05) is 7.11 Å². The maximum Gasteiger partial charge on any atom is 0.264 e. The van der Waals surface area contributed by atoms with E-state index in [9.17, 15) is 8.42 Å². The summed E-state index contributed by atoms with van der Waals surface area (Å²) in [7, 11) is -2.18. The highest BCUT2D eigenvalue weighted by Gasteiger charge is 2.26. The molecular formula is C21H46NO5S+. The molecule has 0 bridgehead atoms. The van der Waals surface area contributed by atoms with Gasteiger partial charge in [-0.1, -0.05) is 39.5 Å². The van der Waals surface area contributed by atoms with Crippen LogP contribution in [0.3, 0.4) is 0 Å². The summed E-state index contributed by atoms with van der Waals surface area (Å²) >= 11 is 0. The van der Waals surface area contributed by atoms with Gasteiger partial charge < -0.3 is 14.0 Å². The zero-order valence-corrected chi connectivity index (χ0v) is 19.5. The maximum atomic E-state index is 11.0. The molecule has 0 atom stereocenters. The van der Waals surface area contributed by atoms with Crippen molar-refractivity contribution >= 4 is 10.1 Å². The number of hydrogen-bond donors (Lipinski definition) is 1. The first-order chi connectivity index (χ1) is 13.4. The molecular weight excluding hydrogens is 378 g/mol. The highest BCUT2D eigenvalue weighted by Crippen LogP contribution is 2.17. The smallest absolute Gasteiger partial charge is 0.264 e. The third-order valence-electron chi connectivity index (χ3n) is 5.40. The minimum atomic E-state index is -3.86. The van der Waals surface area contributed by atoms with Crippen LogP contribution >= 0.6 is 0 Å². The third kappa shape index (κ3) is 16.7. The van der Waals surface area contributed by atoms with Crippen molar-refractivity contribution < 1.29 is 26.9 Å². The lowest BCUT2D eigenvalue weighted by Gasteiger charge is -2.39. The second-order valence-electron chi connectivity index (χ2n) is 7.96. The van der Waals surface area contributed by atoms with Gasteiger partial charge in [0.2, 0.25) is 0 Å². The van der Waals surface area contributed by atoms with Crippen LogP contribution in [0.15, 0.2) is 0 Å². The van der Waals surface area contributed by atoms with Crippen LogP contribution in [0.5, 0.6) is 0 Å². The molecule has 0 aromatic heterocycles. The molecule has 0 aromatic rings. The van der Waals surface area contributed by atoms with Gasteiger partial charge in [-0.3, -0.25) is 4.55 Å². The van der Waals surface area contributed by atoms with E-state index in [1.807, 2.05) is 0 Å². The fourth-order valence-corrected chi connectivity index (χ4v) is 4.22. The highest BCUT2D eigenvalue weighted by atomic mass is 32.2. The van der Waals surface area contributed by atoms with Crippen LogP contribution in [0.25, 0.3) is 0 Å². The highest BCUT2D eigenvalue weighted by molar-refractivity contribution is 7.85. The Morgan fingerprint density at radius 3 is 1.71 bits per heavy atom. The molecule has 0 aliphatic heterocycles. The van der Waals surface area contributed by atoms with Gasteiger partial charge in [-0.15, -0.1) is 0 Å². The van der Waals surface area contributed by atoms with Crippen LogP contribution in [0.2, 0.25) is 0 Å². The average Bonchev–Trinajstić information content (AvgIpc) is 2.65. The summed E-state index contributed by atoms with van der Waals surface area (Å²) in [6, 6.07) is 0. The predicted octanol–water partition coefficient (Wildman–Crippen LogP) is 4.29. The topological polar surface area (TPSA) is 72.8 Å². The summed E-state index contributed by atoms with van der Waals surface area (Å²) in [5, 5.41) is 0. The number of methoxy groups -OCH3 is 1. The van der Waals surface area contributed by atoms with Crippen molar-refractivity contribution in [1.29, 1.82) is 0 Å². The van der Waals surface area contributed by atoms with Crippen molar-refractivity contribution in [3.8, 4) is 0 Å². The summed E-state index contributed by atoms with van der Waals surface area (Å²) < 4.78 is 42.9. The molecule has 0 heterocycles. The van der Waals surface area contributed by atoms with Crippen LogP contribution in [0.1, 0.15) is 78.1 Å². The lowest BCUT2D eigenvalue weighted by molar-refractivity contribution is -0.929. The summed E-state index contributed by atoms with van der Waals surface area (Å²) in [4.78, 5) is 0.